The van der Waals surface area contributed by atoms with Gasteiger partial charge in [0.25, 0.3) is 5.91 Å². The lowest BCUT2D eigenvalue weighted by Crippen LogP contribution is -2.46. The summed E-state index contributed by atoms with van der Waals surface area (Å²) < 4.78 is 1.90. The number of aromatic nitrogens is 2. The molecule has 3 aromatic rings. The first kappa shape index (κ1) is 18.3. The van der Waals surface area contributed by atoms with Crippen molar-refractivity contribution >= 4 is 17.3 Å². The van der Waals surface area contributed by atoms with Crippen LogP contribution in [0.25, 0.3) is 5.69 Å². The van der Waals surface area contributed by atoms with Crippen molar-refractivity contribution < 1.29 is 4.79 Å². The summed E-state index contributed by atoms with van der Waals surface area (Å²) in [4.78, 5) is 21.4. The van der Waals surface area contributed by atoms with Gasteiger partial charge in [0.15, 0.2) is 0 Å². The molecule has 1 aliphatic heterocycles. The standard InChI is InChI=1S/C22H25N5O/c1-2-25-13-15-26(16-14-25)20-9-5-19(6-10-20)24-22(28)18-3-7-21(8-4-18)27-12-11-23-17-27/h3-12,17H,2,13-16H2,1H3,(H,24,28). The third kappa shape index (κ3) is 4.07. The molecule has 0 spiro atoms. The first-order valence-electron chi connectivity index (χ1n) is 9.70. The lowest BCUT2D eigenvalue weighted by Gasteiger charge is -2.35. The van der Waals surface area contributed by atoms with Gasteiger partial charge in [-0.2, -0.15) is 0 Å². The van der Waals surface area contributed by atoms with Gasteiger partial charge in [-0.3, -0.25) is 4.79 Å². The predicted molar refractivity (Wildman–Crippen MR) is 112 cm³/mol. The number of carbonyl (C=O) groups is 1. The molecule has 6 heteroatoms. The Kier molecular flexibility index (Phi) is 5.39. The van der Waals surface area contributed by atoms with Crippen LogP contribution in [-0.2, 0) is 0 Å². The van der Waals surface area contributed by atoms with E-state index >= 15 is 0 Å². The van der Waals surface area contributed by atoms with Crippen LogP contribution in [0, 0.1) is 0 Å². The van der Waals surface area contributed by atoms with Gasteiger partial charge in [-0.1, -0.05) is 6.92 Å². The molecule has 6 nitrogen and oxygen atoms in total. The molecular weight excluding hydrogens is 350 g/mol. The van der Waals surface area contributed by atoms with E-state index < -0.39 is 0 Å². The number of nitrogens with one attached hydrogen (secondary N) is 1. The van der Waals surface area contributed by atoms with E-state index in [1.807, 2.05) is 47.2 Å². The highest BCUT2D eigenvalue weighted by Gasteiger charge is 2.15. The Balaban J connectivity index is 1.37. The smallest absolute Gasteiger partial charge is 0.255 e. The molecule has 0 saturated carbocycles. The van der Waals surface area contributed by atoms with Crippen LogP contribution in [0.3, 0.4) is 0 Å². The second-order valence-corrected chi connectivity index (χ2v) is 6.94. The molecule has 1 saturated heterocycles. The van der Waals surface area contributed by atoms with Crippen LogP contribution < -0.4 is 10.2 Å². The van der Waals surface area contributed by atoms with Crippen LogP contribution in [0.4, 0.5) is 11.4 Å². The van der Waals surface area contributed by atoms with E-state index in [1.165, 1.54) is 5.69 Å². The minimum absolute atomic E-state index is 0.110. The van der Waals surface area contributed by atoms with Crippen LogP contribution in [-0.4, -0.2) is 53.1 Å². The molecule has 28 heavy (non-hydrogen) atoms. The van der Waals surface area contributed by atoms with Crippen LogP contribution in [0.5, 0.6) is 0 Å². The summed E-state index contributed by atoms with van der Waals surface area (Å²) >= 11 is 0. The van der Waals surface area contributed by atoms with Crippen molar-refractivity contribution in [2.75, 3.05) is 42.9 Å². The molecule has 1 amide bonds. The Hall–Kier alpha value is -3.12. The average molecular weight is 375 g/mol. The normalized spacial score (nSPS) is 14.8. The summed E-state index contributed by atoms with van der Waals surface area (Å²) in [5.41, 5.74) is 3.61. The van der Waals surface area contributed by atoms with Crippen molar-refractivity contribution in [3.05, 3.63) is 72.8 Å². The van der Waals surface area contributed by atoms with Gasteiger partial charge in [-0.25, -0.2) is 4.98 Å². The van der Waals surface area contributed by atoms with Gasteiger partial charge in [-0.05, 0) is 55.1 Å². The topological polar surface area (TPSA) is 53.4 Å². The minimum atomic E-state index is -0.110. The molecule has 0 radical (unpaired) electrons. The summed E-state index contributed by atoms with van der Waals surface area (Å²) in [7, 11) is 0. The van der Waals surface area contributed by atoms with Crippen molar-refractivity contribution in [1.29, 1.82) is 0 Å². The zero-order valence-electron chi connectivity index (χ0n) is 16.1. The Morgan fingerprint density at radius 2 is 1.64 bits per heavy atom. The van der Waals surface area contributed by atoms with Crippen molar-refractivity contribution in [1.82, 2.24) is 14.5 Å². The summed E-state index contributed by atoms with van der Waals surface area (Å²) in [6, 6.07) is 15.6. The van der Waals surface area contributed by atoms with E-state index in [-0.39, 0.29) is 5.91 Å². The number of amides is 1. The molecule has 1 aliphatic rings. The third-order valence-corrected chi connectivity index (χ3v) is 5.24. The van der Waals surface area contributed by atoms with E-state index in [4.69, 9.17) is 0 Å². The zero-order valence-corrected chi connectivity index (χ0v) is 16.1. The average Bonchev–Trinajstić information content (AvgIpc) is 3.29. The predicted octanol–water partition coefficient (Wildman–Crippen LogP) is 3.27. The number of rotatable bonds is 5. The van der Waals surface area contributed by atoms with Gasteiger partial charge in [0, 0.05) is 61.2 Å². The summed E-state index contributed by atoms with van der Waals surface area (Å²) in [6.45, 7) is 7.61. The summed E-state index contributed by atoms with van der Waals surface area (Å²) in [6.07, 6.45) is 5.34. The fraction of sp³-hybridized carbons (Fsp3) is 0.273. The number of benzene rings is 2. The maximum atomic E-state index is 12.5. The molecule has 1 aromatic heterocycles. The quantitative estimate of drug-likeness (QED) is 0.744. The monoisotopic (exact) mass is 375 g/mol. The van der Waals surface area contributed by atoms with Gasteiger partial charge in [-0.15, -0.1) is 0 Å². The Morgan fingerprint density at radius 1 is 0.964 bits per heavy atom. The number of likely N-dealkylation sites (N-methyl/N-ethyl adjacent to an activating group) is 1. The van der Waals surface area contributed by atoms with Gasteiger partial charge in [0.2, 0.25) is 0 Å². The van der Waals surface area contributed by atoms with E-state index in [9.17, 15) is 4.79 Å². The molecule has 0 atom stereocenters. The van der Waals surface area contributed by atoms with Crippen molar-refractivity contribution in [2.45, 2.75) is 6.92 Å². The molecule has 2 heterocycles. The van der Waals surface area contributed by atoms with Crippen molar-refractivity contribution in [3.8, 4) is 5.69 Å². The van der Waals surface area contributed by atoms with E-state index in [2.05, 4.69) is 39.2 Å². The van der Waals surface area contributed by atoms with E-state index in [0.717, 1.165) is 44.1 Å². The van der Waals surface area contributed by atoms with E-state index in [0.29, 0.717) is 5.56 Å². The van der Waals surface area contributed by atoms with Gasteiger partial charge < -0.3 is 19.7 Å². The molecule has 2 aromatic carbocycles. The van der Waals surface area contributed by atoms with Gasteiger partial charge in [0.05, 0.1) is 6.33 Å². The number of imidazole rings is 1. The highest BCUT2D eigenvalue weighted by Crippen LogP contribution is 2.20. The van der Waals surface area contributed by atoms with Gasteiger partial charge in [0.1, 0.15) is 0 Å². The first-order chi connectivity index (χ1) is 13.7. The van der Waals surface area contributed by atoms with Gasteiger partial charge >= 0.3 is 0 Å². The highest BCUT2D eigenvalue weighted by molar-refractivity contribution is 6.04. The third-order valence-electron chi connectivity index (χ3n) is 5.24. The fourth-order valence-electron chi connectivity index (χ4n) is 3.48. The molecular formula is C22H25N5O. The summed E-state index contributed by atoms with van der Waals surface area (Å²) in [5.74, 6) is -0.110. The molecule has 144 valence electrons. The molecule has 0 aliphatic carbocycles. The largest absolute Gasteiger partial charge is 0.369 e. The van der Waals surface area contributed by atoms with Crippen LogP contribution >= 0.6 is 0 Å². The lowest BCUT2D eigenvalue weighted by atomic mass is 10.1. The number of hydrogen-bond acceptors (Lipinski definition) is 4. The highest BCUT2D eigenvalue weighted by atomic mass is 16.1. The fourth-order valence-corrected chi connectivity index (χ4v) is 3.48. The van der Waals surface area contributed by atoms with Crippen LogP contribution in [0.1, 0.15) is 17.3 Å². The van der Waals surface area contributed by atoms with Crippen LogP contribution in [0.2, 0.25) is 0 Å². The second-order valence-electron chi connectivity index (χ2n) is 6.94. The number of anilines is 2. The first-order valence-corrected chi connectivity index (χ1v) is 9.70. The Morgan fingerprint density at radius 3 is 2.25 bits per heavy atom. The Labute approximate surface area is 165 Å². The number of nitrogens with zero attached hydrogens (tertiary/aromatic N) is 4. The molecule has 1 N–H and O–H groups in total. The second kappa shape index (κ2) is 8.27. The SMILES string of the molecule is CCN1CCN(c2ccc(NC(=O)c3ccc(-n4ccnc4)cc3)cc2)CC1. The van der Waals surface area contributed by atoms with E-state index in [1.54, 1.807) is 12.5 Å². The van der Waals surface area contributed by atoms with Crippen molar-refractivity contribution in [3.63, 3.8) is 0 Å². The number of piperazine rings is 1. The molecule has 1 fully saturated rings. The minimum Gasteiger partial charge on any atom is -0.369 e. The number of carbonyl (C=O) groups excluding carboxylic acids is 1. The molecule has 4 rings (SSSR count). The summed E-state index contributed by atoms with van der Waals surface area (Å²) in [5, 5.41) is 2.97. The number of hydrogen-bond donors (Lipinski definition) is 1. The maximum Gasteiger partial charge on any atom is 0.255 e. The Bertz CT molecular complexity index is 895. The molecule has 0 bridgehead atoms. The molecule has 0 unspecified atom stereocenters. The zero-order chi connectivity index (χ0) is 19.3. The van der Waals surface area contributed by atoms with Crippen LogP contribution in [0.15, 0.2) is 67.3 Å². The van der Waals surface area contributed by atoms with Crippen molar-refractivity contribution in [2.24, 2.45) is 0 Å². The maximum absolute atomic E-state index is 12.5. The lowest BCUT2D eigenvalue weighted by molar-refractivity contribution is 0.102.